The number of aryl methyl sites for hydroxylation is 1. The number of aliphatic hydroxyl groups is 1. The first-order valence-electron chi connectivity index (χ1n) is 8.91. The Bertz CT molecular complexity index is 710. The number of fused-ring (bicyclic) bond motifs is 1. The molecule has 4 rings (SSSR count). The Morgan fingerprint density at radius 1 is 1.08 bits per heavy atom. The van der Waals surface area contributed by atoms with Gasteiger partial charge in [-0.2, -0.15) is 0 Å². The van der Waals surface area contributed by atoms with E-state index in [4.69, 9.17) is 0 Å². The van der Waals surface area contributed by atoms with E-state index in [0.29, 0.717) is 6.04 Å². The molecule has 1 saturated heterocycles. The van der Waals surface area contributed by atoms with Crippen LogP contribution in [0, 0.1) is 6.92 Å². The van der Waals surface area contributed by atoms with Crippen LogP contribution in [0.3, 0.4) is 0 Å². The van der Waals surface area contributed by atoms with E-state index < -0.39 is 0 Å². The van der Waals surface area contributed by atoms with Crippen LogP contribution in [0.15, 0.2) is 42.5 Å². The number of anilines is 1. The van der Waals surface area contributed by atoms with E-state index in [9.17, 15) is 5.11 Å². The molecule has 0 radical (unpaired) electrons. The molecule has 0 bridgehead atoms. The average molecular weight is 323 g/mol. The second kappa shape index (κ2) is 6.54. The van der Waals surface area contributed by atoms with Gasteiger partial charge in [0.05, 0.1) is 6.10 Å². The number of likely N-dealkylation sites (tertiary alicyclic amines) is 1. The number of rotatable bonds is 3. The molecule has 2 heterocycles. The Balaban J connectivity index is 1.35. The number of hydrogen-bond acceptors (Lipinski definition) is 4. The van der Waals surface area contributed by atoms with Gasteiger partial charge < -0.3 is 10.4 Å². The van der Waals surface area contributed by atoms with Crippen molar-refractivity contribution in [1.82, 2.24) is 9.88 Å². The van der Waals surface area contributed by atoms with E-state index in [1.165, 1.54) is 5.56 Å². The van der Waals surface area contributed by atoms with Crippen LogP contribution >= 0.6 is 0 Å². The minimum absolute atomic E-state index is 0.237. The Labute approximate surface area is 143 Å². The van der Waals surface area contributed by atoms with Crippen molar-refractivity contribution in [2.75, 3.05) is 18.4 Å². The van der Waals surface area contributed by atoms with Crippen molar-refractivity contribution in [3.8, 4) is 0 Å². The Morgan fingerprint density at radius 2 is 1.88 bits per heavy atom. The molecule has 1 aliphatic heterocycles. The van der Waals surface area contributed by atoms with Crippen LogP contribution in [-0.2, 0) is 6.42 Å². The van der Waals surface area contributed by atoms with Gasteiger partial charge in [0.1, 0.15) is 5.82 Å². The first kappa shape index (κ1) is 15.6. The third-order valence-corrected chi connectivity index (χ3v) is 5.41. The summed E-state index contributed by atoms with van der Waals surface area (Å²) in [7, 11) is 0. The van der Waals surface area contributed by atoms with Crippen molar-refractivity contribution in [2.45, 2.75) is 44.4 Å². The summed E-state index contributed by atoms with van der Waals surface area (Å²) in [6, 6.07) is 15.1. The molecule has 1 aromatic carbocycles. The highest BCUT2D eigenvalue weighted by atomic mass is 16.3. The van der Waals surface area contributed by atoms with E-state index in [0.717, 1.165) is 49.4 Å². The second-order valence-corrected chi connectivity index (χ2v) is 7.03. The highest BCUT2D eigenvalue weighted by Gasteiger charge is 2.36. The number of nitrogens with one attached hydrogen (secondary N) is 1. The zero-order valence-electron chi connectivity index (χ0n) is 14.2. The molecule has 0 spiro atoms. The number of piperidine rings is 1. The van der Waals surface area contributed by atoms with Crippen molar-refractivity contribution in [3.05, 3.63) is 59.3 Å². The number of nitrogens with zero attached hydrogens (tertiary/aromatic N) is 2. The molecular formula is C20H25N3O. The molecule has 1 aliphatic carbocycles. The number of aliphatic hydroxyl groups excluding tert-OH is 1. The number of hydrogen-bond donors (Lipinski definition) is 2. The van der Waals surface area contributed by atoms with Gasteiger partial charge in [-0.3, -0.25) is 4.90 Å². The molecule has 4 heteroatoms. The van der Waals surface area contributed by atoms with Crippen LogP contribution in [0.5, 0.6) is 0 Å². The monoisotopic (exact) mass is 323 g/mol. The normalized spacial score (nSPS) is 24.8. The molecule has 24 heavy (non-hydrogen) atoms. The topological polar surface area (TPSA) is 48.4 Å². The number of aromatic nitrogens is 1. The molecule has 2 aromatic rings. The summed E-state index contributed by atoms with van der Waals surface area (Å²) < 4.78 is 0. The maximum Gasteiger partial charge on any atom is 0.126 e. The van der Waals surface area contributed by atoms with E-state index in [-0.39, 0.29) is 12.1 Å². The lowest BCUT2D eigenvalue weighted by atomic mass is 10.0. The molecule has 2 atom stereocenters. The van der Waals surface area contributed by atoms with Crippen LogP contribution in [0.25, 0.3) is 0 Å². The van der Waals surface area contributed by atoms with Gasteiger partial charge in [-0.25, -0.2) is 4.98 Å². The maximum atomic E-state index is 10.7. The summed E-state index contributed by atoms with van der Waals surface area (Å²) in [5, 5.41) is 14.2. The zero-order valence-corrected chi connectivity index (χ0v) is 14.2. The lowest BCUT2D eigenvalue weighted by Gasteiger charge is -2.37. The fourth-order valence-corrected chi connectivity index (χ4v) is 4.09. The summed E-state index contributed by atoms with van der Waals surface area (Å²) in [5.41, 5.74) is 3.47. The smallest absolute Gasteiger partial charge is 0.126 e. The van der Waals surface area contributed by atoms with Crippen LogP contribution in [0.2, 0.25) is 0 Å². The summed E-state index contributed by atoms with van der Waals surface area (Å²) in [5.74, 6) is 0.974. The Hall–Kier alpha value is -1.91. The van der Waals surface area contributed by atoms with Gasteiger partial charge in [0.2, 0.25) is 0 Å². The fraction of sp³-hybridized carbons (Fsp3) is 0.450. The lowest BCUT2D eigenvalue weighted by molar-refractivity contribution is 0.0474. The summed E-state index contributed by atoms with van der Waals surface area (Å²) in [6.07, 6.45) is 2.81. The van der Waals surface area contributed by atoms with Gasteiger partial charge in [-0.15, -0.1) is 0 Å². The Morgan fingerprint density at radius 3 is 2.62 bits per heavy atom. The van der Waals surface area contributed by atoms with E-state index in [2.05, 4.69) is 33.4 Å². The van der Waals surface area contributed by atoms with Gasteiger partial charge in [-0.05, 0) is 49.4 Å². The third-order valence-electron chi connectivity index (χ3n) is 5.41. The third kappa shape index (κ3) is 3.04. The van der Waals surface area contributed by atoms with Gasteiger partial charge in [0, 0.05) is 30.9 Å². The average Bonchev–Trinajstić information content (AvgIpc) is 2.93. The van der Waals surface area contributed by atoms with Crippen molar-refractivity contribution in [1.29, 1.82) is 0 Å². The van der Waals surface area contributed by atoms with Gasteiger partial charge in [-0.1, -0.05) is 30.3 Å². The highest BCUT2D eigenvalue weighted by Crippen LogP contribution is 2.35. The van der Waals surface area contributed by atoms with Gasteiger partial charge in [0.25, 0.3) is 0 Å². The molecule has 0 saturated carbocycles. The van der Waals surface area contributed by atoms with Crippen LogP contribution in [0.1, 0.15) is 35.8 Å². The van der Waals surface area contributed by atoms with Crippen molar-refractivity contribution in [3.63, 3.8) is 0 Å². The molecular weight excluding hydrogens is 298 g/mol. The summed E-state index contributed by atoms with van der Waals surface area (Å²) in [4.78, 5) is 7.00. The molecule has 2 N–H and O–H groups in total. The maximum absolute atomic E-state index is 10.7. The summed E-state index contributed by atoms with van der Waals surface area (Å²) >= 11 is 0. The predicted octanol–water partition coefficient (Wildman–Crippen LogP) is 2.92. The SMILES string of the molecule is Cc1cccc(NC2CCN([C@@H]3Cc4ccccc4[C@@H]3O)CC2)n1. The first-order chi connectivity index (χ1) is 11.7. The van der Waals surface area contributed by atoms with Crippen molar-refractivity contribution in [2.24, 2.45) is 0 Å². The zero-order chi connectivity index (χ0) is 16.5. The van der Waals surface area contributed by atoms with Crippen molar-refractivity contribution >= 4 is 5.82 Å². The van der Waals surface area contributed by atoms with E-state index in [1.54, 1.807) is 0 Å². The quantitative estimate of drug-likeness (QED) is 0.912. The lowest BCUT2D eigenvalue weighted by Crippen LogP contribution is -2.46. The molecule has 1 aromatic heterocycles. The summed E-state index contributed by atoms with van der Waals surface area (Å²) in [6.45, 7) is 4.07. The molecule has 0 amide bonds. The van der Waals surface area contributed by atoms with Gasteiger partial charge in [0.15, 0.2) is 0 Å². The van der Waals surface area contributed by atoms with E-state index in [1.807, 2.05) is 31.2 Å². The Kier molecular flexibility index (Phi) is 4.25. The fourth-order valence-electron chi connectivity index (χ4n) is 4.09. The molecule has 0 unspecified atom stereocenters. The largest absolute Gasteiger partial charge is 0.387 e. The predicted molar refractivity (Wildman–Crippen MR) is 96.1 cm³/mol. The molecule has 4 nitrogen and oxygen atoms in total. The van der Waals surface area contributed by atoms with Gasteiger partial charge >= 0.3 is 0 Å². The number of pyridine rings is 1. The second-order valence-electron chi connectivity index (χ2n) is 7.03. The standard InChI is InChI=1S/C20H25N3O/c1-14-5-4-8-19(21-14)22-16-9-11-23(12-10-16)18-13-15-6-2-3-7-17(15)20(18)24/h2-8,16,18,20,24H,9-13H2,1H3,(H,21,22)/t18-,20+/m1/s1. The van der Waals surface area contributed by atoms with Crippen LogP contribution in [-0.4, -0.2) is 40.2 Å². The first-order valence-corrected chi connectivity index (χ1v) is 8.91. The minimum Gasteiger partial charge on any atom is -0.387 e. The van der Waals surface area contributed by atoms with Crippen LogP contribution < -0.4 is 5.32 Å². The van der Waals surface area contributed by atoms with Crippen LogP contribution in [0.4, 0.5) is 5.82 Å². The van der Waals surface area contributed by atoms with E-state index >= 15 is 0 Å². The molecule has 2 aliphatic rings. The highest BCUT2D eigenvalue weighted by molar-refractivity contribution is 5.37. The number of benzene rings is 1. The van der Waals surface area contributed by atoms with Crippen molar-refractivity contribution < 1.29 is 5.11 Å². The molecule has 1 fully saturated rings. The molecule has 126 valence electrons. The minimum atomic E-state index is -0.343.